The number of halogens is 3. The van der Waals surface area contributed by atoms with Crippen molar-refractivity contribution in [2.24, 2.45) is 5.92 Å². The highest BCUT2D eigenvalue weighted by Gasteiger charge is 2.30. The van der Waals surface area contributed by atoms with E-state index in [-0.39, 0.29) is 52.5 Å². The second-order valence-corrected chi connectivity index (χ2v) is 9.94. The average molecular weight is 536 g/mol. The Hall–Kier alpha value is -2.22. The average Bonchev–Trinajstić information content (AvgIpc) is 2.73. The maximum Gasteiger partial charge on any atom is 0.269 e. The maximum atomic E-state index is 13.6. The van der Waals surface area contributed by atoms with Crippen LogP contribution in [0.2, 0.25) is 10.0 Å². The number of sulfonamides is 1. The van der Waals surface area contributed by atoms with Crippen molar-refractivity contribution in [3.8, 4) is 5.75 Å². The molecule has 0 saturated carbocycles. The van der Waals surface area contributed by atoms with E-state index in [4.69, 9.17) is 35.4 Å². The van der Waals surface area contributed by atoms with Gasteiger partial charge in [0.1, 0.15) is 10.7 Å². The van der Waals surface area contributed by atoms with Gasteiger partial charge in [-0.3, -0.25) is 4.79 Å². The molecule has 2 aromatic rings. The molecule has 3 rings (SSSR count). The molecular weight excluding hydrogens is 518 g/mol. The van der Waals surface area contributed by atoms with Crippen LogP contribution >= 0.6 is 35.4 Å². The second-order valence-electron chi connectivity index (χ2n) is 7.13. The lowest BCUT2D eigenvalue weighted by atomic mass is 9.97. The van der Waals surface area contributed by atoms with Crippen LogP contribution in [0.15, 0.2) is 35.2 Å². The summed E-state index contributed by atoms with van der Waals surface area (Å²) < 4.78 is 41.1. The van der Waals surface area contributed by atoms with Crippen molar-refractivity contribution in [2.75, 3.05) is 23.7 Å². The highest BCUT2D eigenvalue weighted by Crippen LogP contribution is 2.37. The minimum absolute atomic E-state index is 0.114. The number of aromatic hydroxyl groups is 1. The summed E-state index contributed by atoms with van der Waals surface area (Å²) in [7, 11) is -4.56. The fourth-order valence-corrected chi connectivity index (χ4v) is 5.24. The molecule has 1 saturated heterocycles. The number of amides is 1. The predicted molar refractivity (Wildman–Crippen MR) is 127 cm³/mol. The Morgan fingerprint density at radius 2 is 1.79 bits per heavy atom. The summed E-state index contributed by atoms with van der Waals surface area (Å²) in [6.07, 6.45) is 0.406. The van der Waals surface area contributed by atoms with Crippen LogP contribution < -0.4 is 15.4 Å². The van der Waals surface area contributed by atoms with Crippen LogP contribution in [0.5, 0.6) is 5.75 Å². The van der Waals surface area contributed by atoms with Crippen LogP contribution in [-0.2, 0) is 14.8 Å². The molecule has 33 heavy (non-hydrogen) atoms. The molecule has 9 nitrogen and oxygen atoms in total. The van der Waals surface area contributed by atoms with Crippen molar-refractivity contribution in [3.05, 3.63) is 51.4 Å². The van der Waals surface area contributed by atoms with E-state index in [0.29, 0.717) is 0 Å². The molecule has 4 N–H and O–H groups in total. The van der Waals surface area contributed by atoms with Crippen molar-refractivity contribution in [1.29, 1.82) is 0 Å². The summed E-state index contributed by atoms with van der Waals surface area (Å²) in [4.78, 5) is 11.7. The first-order valence-electron chi connectivity index (χ1n) is 9.52. The van der Waals surface area contributed by atoms with Crippen LogP contribution in [0.4, 0.5) is 15.8 Å². The molecule has 0 radical (unpaired) electrons. The number of nitrogens with zero attached hydrogens (tertiary/aromatic N) is 1. The Bertz CT molecular complexity index is 1190. The Morgan fingerprint density at radius 3 is 2.45 bits per heavy atom. The number of benzene rings is 2. The predicted octanol–water partition coefficient (Wildman–Crippen LogP) is 3.66. The lowest BCUT2D eigenvalue weighted by Gasteiger charge is -2.35. The Balaban J connectivity index is 1.79. The number of phenolic OH excluding ortho intramolecular Hbond substituents is 1. The normalized spacial score (nSPS) is 15.2. The number of piperidine rings is 1. The maximum absolute atomic E-state index is 13.6. The van der Waals surface area contributed by atoms with E-state index in [0.717, 1.165) is 11.1 Å². The molecule has 0 atom stereocenters. The van der Waals surface area contributed by atoms with Gasteiger partial charge < -0.3 is 26.0 Å². The molecule has 1 amide bonds. The molecular formula is C19H18Cl2FN4O5S2-. The number of carbonyl (C=O) groups excluding carboxylic acids is 1. The molecule has 0 bridgehead atoms. The molecule has 2 aromatic carbocycles. The lowest BCUT2D eigenvalue weighted by Crippen LogP contribution is -2.40. The van der Waals surface area contributed by atoms with Crippen LogP contribution in [0.3, 0.4) is 0 Å². The fraction of sp³-hybridized carbons (Fsp3) is 0.263. The molecule has 0 aliphatic carbocycles. The van der Waals surface area contributed by atoms with Gasteiger partial charge in [-0.1, -0.05) is 29.3 Å². The van der Waals surface area contributed by atoms with Crippen LogP contribution in [0.1, 0.15) is 12.8 Å². The molecule has 14 heteroatoms. The summed E-state index contributed by atoms with van der Waals surface area (Å²) in [6, 6.07) is 6.48. The SMILES string of the molecule is O=C(NS(=O)(=O)c1c(Cl)ccc(NC(=S)Nc2cccc(F)c2Cl)c1O)C1CCN([O-])CC1. The van der Waals surface area contributed by atoms with Gasteiger partial charge in [0, 0.05) is 5.92 Å². The van der Waals surface area contributed by atoms with Crippen molar-refractivity contribution >= 4 is 67.8 Å². The lowest BCUT2D eigenvalue weighted by molar-refractivity contribution is -0.124. The zero-order valence-corrected chi connectivity index (χ0v) is 19.9. The van der Waals surface area contributed by atoms with Gasteiger partial charge in [0.2, 0.25) is 5.91 Å². The van der Waals surface area contributed by atoms with Crippen molar-refractivity contribution in [1.82, 2.24) is 9.79 Å². The summed E-state index contributed by atoms with van der Waals surface area (Å²) in [5.74, 6) is -2.93. The second kappa shape index (κ2) is 10.4. The van der Waals surface area contributed by atoms with Gasteiger partial charge in [0.25, 0.3) is 10.0 Å². The number of hydrogen-bond acceptors (Lipinski definition) is 7. The largest absolute Gasteiger partial charge is 0.785 e. The summed E-state index contributed by atoms with van der Waals surface area (Å²) >= 11 is 17.0. The zero-order valence-electron chi connectivity index (χ0n) is 16.8. The van der Waals surface area contributed by atoms with Gasteiger partial charge in [-0.2, -0.15) is 0 Å². The number of anilines is 2. The smallest absolute Gasteiger partial charge is 0.269 e. The number of rotatable bonds is 5. The number of thiocarbonyl (C=S) groups is 1. The highest BCUT2D eigenvalue weighted by atomic mass is 35.5. The number of nitrogens with one attached hydrogen (secondary N) is 3. The molecule has 1 fully saturated rings. The zero-order chi connectivity index (χ0) is 24.3. The van der Waals surface area contributed by atoms with Crippen LogP contribution in [0, 0.1) is 16.9 Å². The van der Waals surface area contributed by atoms with Crippen molar-refractivity contribution in [3.63, 3.8) is 0 Å². The molecule has 1 aliphatic heterocycles. The number of hydroxylamine groups is 2. The van der Waals surface area contributed by atoms with E-state index >= 15 is 0 Å². The van der Waals surface area contributed by atoms with E-state index < -0.39 is 38.3 Å². The fourth-order valence-electron chi connectivity index (χ4n) is 3.16. The third-order valence-corrected chi connectivity index (χ3v) is 7.30. The van der Waals surface area contributed by atoms with E-state index in [1.54, 1.807) is 0 Å². The molecule has 0 spiro atoms. The van der Waals surface area contributed by atoms with Gasteiger partial charge in [-0.15, -0.1) is 0 Å². The van der Waals surface area contributed by atoms with Crippen LogP contribution in [0.25, 0.3) is 0 Å². The third-order valence-electron chi connectivity index (χ3n) is 4.86. The molecule has 0 aromatic heterocycles. The van der Waals surface area contributed by atoms with E-state index in [9.17, 15) is 27.9 Å². The summed E-state index contributed by atoms with van der Waals surface area (Å²) in [6.45, 7) is 0.229. The Morgan fingerprint density at radius 1 is 1.15 bits per heavy atom. The van der Waals surface area contributed by atoms with Gasteiger partial charge in [0.05, 0.1) is 21.4 Å². The summed E-state index contributed by atoms with van der Waals surface area (Å²) in [5.41, 5.74) is 0.00349. The number of phenols is 1. The number of carbonyl (C=O) groups is 1. The third kappa shape index (κ3) is 6.02. The van der Waals surface area contributed by atoms with Gasteiger partial charge >= 0.3 is 0 Å². The van der Waals surface area contributed by atoms with E-state index in [1.807, 2.05) is 4.72 Å². The highest BCUT2D eigenvalue weighted by molar-refractivity contribution is 7.90. The minimum atomic E-state index is -4.56. The first-order chi connectivity index (χ1) is 15.5. The number of hydrogen-bond donors (Lipinski definition) is 4. The van der Waals surface area contributed by atoms with Gasteiger partial charge in [0.15, 0.2) is 10.9 Å². The quantitative estimate of drug-likeness (QED) is 0.334. The van der Waals surface area contributed by atoms with Crippen molar-refractivity contribution in [2.45, 2.75) is 17.7 Å². The monoisotopic (exact) mass is 535 g/mol. The molecule has 0 unspecified atom stereocenters. The Labute approximate surface area is 204 Å². The molecule has 178 valence electrons. The van der Waals surface area contributed by atoms with E-state index in [2.05, 4.69) is 10.6 Å². The molecule has 1 aliphatic rings. The van der Waals surface area contributed by atoms with Gasteiger partial charge in [-0.05, 0) is 62.4 Å². The van der Waals surface area contributed by atoms with E-state index in [1.165, 1.54) is 24.3 Å². The molecule has 1 heterocycles. The van der Waals surface area contributed by atoms with Crippen molar-refractivity contribution < 1.29 is 22.7 Å². The van der Waals surface area contributed by atoms with Crippen LogP contribution in [-0.4, -0.2) is 42.7 Å². The van der Waals surface area contributed by atoms with Gasteiger partial charge in [-0.25, -0.2) is 17.5 Å². The Kier molecular flexibility index (Phi) is 7.98. The minimum Gasteiger partial charge on any atom is -0.785 e. The first-order valence-corrected chi connectivity index (χ1v) is 12.2. The first kappa shape index (κ1) is 25.4. The standard InChI is InChI=1S/C19H18Cl2FN4O5S2/c20-11-4-5-14(24-19(32)23-13-3-1-2-12(22)15(13)21)16(27)17(11)33(30,31)25-18(28)10-6-8-26(29)9-7-10/h1-5,10,27H,6-9H2,(H,25,28)(H2,23,24,32)/q-1. The summed E-state index contributed by atoms with van der Waals surface area (Å²) in [5, 5.41) is 27.2. The topological polar surface area (TPSA) is 134 Å².